The van der Waals surface area contributed by atoms with Crippen molar-refractivity contribution in [3.63, 3.8) is 0 Å². The van der Waals surface area contributed by atoms with Crippen LogP contribution in [0.1, 0.15) is 5.69 Å². The highest BCUT2D eigenvalue weighted by Crippen LogP contribution is 2.22. The maximum Gasteiger partial charge on any atom is 0.0678 e. The Morgan fingerprint density at radius 2 is 1.79 bits per heavy atom. The molecule has 0 unspecified atom stereocenters. The van der Waals surface area contributed by atoms with Gasteiger partial charge in [-0.1, -0.05) is 23.7 Å². The molecule has 0 aliphatic heterocycles. The number of hydrogen-bond acceptors (Lipinski definition) is 2. The van der Waals surface area contributed by atoms with Gasteiger partial charge in [-0.2, -0.15) is 10.2 Å². The highest BCUT2D eigenvalue weighted by molar-refractivity contribution is 6.30. The van der Waals surface area contributed by atoms with Crippen LogP contribution in [0, 0.1) is 6.92 Å². The van der Waals surface area contributed by atoms with E-state index in [1.54, 1.807) is 6.20 Å². The Balaban J connectivity index is 2.50. The van der Waals surface area contributed by atoms with E-state index in [4.69, 9.17) is 11.6 Å². The lowest BCUT2D eigenvalue weighted by molar-refractivity contribution is 0.983. The number of aryl methyl sites for hydroxylation is 1. The summed E-state index contributed by atoms with van der Waals surface area (Å²) < 4.78 is 0. The monoisotopic (exact) mass is 204 g/mol. The Kier molecular flexibility index (Phi) is 2.46. The Morgan fingerprint density at radius 3 is 2.43 bits per heavy atom. The van der Waals surface area contributed by atoms with Crippen LogP contribution in [0.5, 0.6) is 0 Å². The SMILES string of the molecule is Cc1nnccc1-c1ccc(Cl)cc1. The van der Waals surface area contributed by atoms with Crippen LogP contribution in [0.2, 0.25) is 5.02 Å². The smallest absolute Gasteiger partial charge is 0.0678 e. The van der Waals surface area contributed by atoms with Crippen molar-refractivity contribution < 1.29 is 0 Å². The minimum Gasteiger partial charge on any atom is -0.159 e. The van der Waals surface area contributed by atoms with Crippen LogP contribution < -0.4 is 0 Å². The fraction of sp³-hybridized carbons (Fsp3) is 0.0909. The largest absolute Gasteiger partial charge is 0.159 e. The van der Waals surface area contributed by atoms with Crippen molar-refractivity contribution in [2.24, 2.45) is 0 Å². The molecule has 2 nitrogen and oxygen atoms in total. The van der Waals surface area contributed by atoms with E-state index in [-0.39, 0.29) is 0 Å². The zero-order chi connectivity index (χ0) is 9.97. The quantitative estimate of drug-likeness (QED) is 0.714. The number of rotatable bonds is 1. The molecule has 3 heteroatoms. The van der Waals surface area contributed by atoms with Crippen molar-refractivity contribution in [2.45, 2.75) is 6.92 Å². The van der Waals surface area contributed by atoms with E-state index in [0.717, 1.165) is 21.8 Å². The second-order valence-electron chi connectivity index (χ2n) is 3.04. The highest BCUT2D eigenvalue weighted by atomic mass is 35.5. The summed E-state index contributed by atoms with van der Waals surface area (Å²) in [6.45, 7) is 1.94. The maximum absolute atomic E-state index is 5.81. The van der Waals surface area contributed by atoms with Gasteiger partial charge in [0.2, 0.25) is 0 Å². The van der Waals surface area contributed by atoms with Gasteiger partial charge in [-0.3, -0.25) is 0 Å². The van der Waals surface area contributed by atoms with E-state index < -0.39 is 0 Å². The van der Waals surface area contributed by atoms with Crippen LogP contribution in [-0.4, -0.2) is 10.2 Å². The summed E-state index contributed by atoms with van der Waals surface area (Å²) in [5.74, 6) is 0. The minimum absolute atomic E-state index is 0.744. The molecule has 1 heterocycles. The molecule has 2 rings (SSSR count). The lowest BCUT2D eigenvalue weighted by Gasteiger charge is -2.03. The molecule has 0 aliphatic rings. The highest BCUT2D eigenvalue weighted by Gasteiger charge is 2.01. The molecule has 0 spiro atoms. The van der Waals surface area contributed by atoms with E-state index in [1.807, 2.05) is 37.3 Å². The van der Waals surface area contributed by atoms with Gasteiger partial charge in [0, 0.05) is 10.6 Å². The van der Waals surface area contributed by atoms with Crippen LogP contribution in [0.4, 0.5) is 0 Å². The van der Waals surface area contributed by atoms with Gasteiger partial charge in [-0.25, -0.2) is 0 Å². The number of benzene rings is 1. The van der Waals surface area contributed by atoms with E-state index in [1.165, 1.54) is 0 Å². The fourth-order valence-electron chi connectivity index (χ4n) is 1.34. The minimum atomic E-state index is 0.744. The maximum atomic E-state index is 5.81. The number of hydrogen-bond donors (Lipinski definition) is 0. The number of nitrogens with zero attached hydrogens (tertiary/aromatic N) is 2. The summed E-state index contributed by atoms with van der Waals surface area (Å²) in [4.78, 5) is 0. The molecule has 0 N–H and O–H groups in total. The number of aromatic nitrogens is 2. The fourth-order valence-corrected chi connectivity index (χ4v) is 1.46. The van der Waals surface area contributed by atoms with E-state index in [2.05, 4.69) is 10.2 Å². The average molecular weight is 205 g/mol. The van der Waals surface area contributed by atoms with Gasteiger partial charge in [0.15, 0.2) is 0 Å². The van der Waals surface area contributed by atoms with Crippen molar-refractivity contribution in [1.82, 2.24) is 10.2 Å². The topological polar surface area (TPSA) is 25.8 Å². The molecule has 2 aromatic rings. The normalized spacial score (nSPS) is 10.1. The molecule has 0 saturated carbocycles. The summed E-state index contributed by atoms with van der Waals surface area (Å²) in [5, 5.41) is 8.55. The van der Waals surface area contributed by atoms with Crippen LogP contribution in [0.3, 0.4) is 0 Å². The molecule has 0 fully saturated rings. The molecular weight excluding hydrogens is 196 g/mol. The molecule has 1 aromatic heterocycles. The predicted octanol–water partition coefficient (Wildman–Crippen LogP) is 3.11. The van der Waals surface area contributed by atoms with Gasteiger partial charge >= 0.3 is 0 Å². The van der Waals surface area contributed by atoms with Crippen LogP contribution in [-0.2, 0) is 0 Å². The molecule has 0 radical (unpaired) electrons. The first-order valence-electron chi connectivity index (χ1n) is 4.31. The molecule has 0 bridgehead atoms. The Bertz CT molecular complexity index is 437. The third-order valence-corrected chi connectivity index (χ3v) is 2.31. The van der Waals surface area contributed by atoms with Crippen molar-refractivity contribution >= 4 is 11.6 Å². The number of halogens is 1. The molecule has 0 aliphatic carbocycles. The standard InChI is InChI=1S/C11H9ClN2/c1-8-11(6-7-13-14-8)9-2-4-10(12)5-3-9/h2-7H,1H3. The zero-order valence-electron chi connectivity index (χ0n) is 7.74. The van der Waals surface area contributed by atoms with Crippen LogP contribution in [0.15, 0.2) is 36.5 Å². The first-order chi connectivity index (χ1) is 6.77. The summed E-state index contributed by atoms with van der Waals surface area (Å²) in [7, 11) is 0. The summed E-state index contributed by atoms with van der Waals surface area (Å²) in [6.07, 6.45) is 1.69. The van der Waals surface area contributed by atoms with Crippen molar-refractivity contribution in [2.75, 3.05) is 0 Å². The van der Waals surface area contributed by atoms with Gasteiger partial charge in [0.25, 0.3) is 0 Å². The third-order valence-electron chi connectivity index (χ3n) is 2.06. The van der Waals surface area contributed by atoms with Crippen molar-refractivity contribution in [3.05, 3.63) is 47.2 Å². The molecular formula is C11H9ClN2. The second kappa shape index (κ2) is 3.76. The van der Waals surface area contributed by atoms with Crippen molar-refractivity contribution in [1.29, 1.82) is 0 Å². The first kappa shape index (κ1) is 9.16. The van der Waals surface area contributed by atoms with Gasteiger partial charge in [-0.15, -0.1) is 0 Å². The molecule has 0 saturated heterocycles. The lowest BCUT2D eigenvalue weighted by atomic mass is 10.1. The third kappa shape index (κ3) is 1.75. The van der Waals surface area contributed by atoms with Gasteiger partial charge < -0.3 is 0 Å². The van der Waals surface area contributed by atoms with E-state index in [0.29, 0.717) is 0 Å². The second-order valence-corrected chi connectivity index (χ2v) is 3.47. The predicted molar refractivity (Wildman–Crippen MR) is 57.2 cm³/mol. The Hall–Kier alpha value is -1.41. The summed E-state index contributed by atoms with van der Waals surface area (Å²) in [6, 6.07) is 9.65. The summed E-state index contributed by atoms with van der Waals surface area (Å²) in [5.41, 5.74) is 3.13. The van der Waals surface area contributed by atoms with Gasteiger partial charge in [0.05, 0.1) is 11.9 Å². The van der Waals surface area contributed by atoms with Gasteiger partial charge in [0.1, 0.15) is 0 Å². The van der Waals surface area contributed by atoms with E-state index in [9.17, 15) is 0 Å². The molecule has 14 heavy (non-hydrogen) atoms. The zero-order valence-corrected chi connectivity index (χ0v) is 8.49. The lowest BCUT2D eigenvalue weighted by Crippen LogP contribution is -1.89. The van der Waals surface area contributed by atoms with E-state index >= 15 is 0 Å². The Labute approximate surface area is 87.6 Å². The molecule has 1 aromatic carbocycles. The van der Waals surface area contributed by atoms with Crippen LogP contribution in [0.25, 0.3) is 11.1 Å². The molecule has 0 amide bonds. The van der Waals surface area contributed by atoms with Crippen LogP contribution >= 0.6 is 11.6 Å². The summed E-state index contributed by atoms with van der Waals surface area (Å²) >= 11 is 5.81. The molecule has 70 valence electrons. The molecule has 0 atom stereocenters. The Morgan fingerprint density at radius 1 is 1.07 bits per heavy atom. The average Bonchev–Trinajstić information content (AvgIpc) is 2.20. The van der Waals surface area contributed by atoms with Crippen molar-refractivity contribution in [3.8, 4) is 11.1 Å². The van der Waals surface area contributed by atoms with Gasteiger partial charge in [-0.05, 0) is 30.7 Å². The first-order valence-corrected chi connectivity index (χ1v) is 4.69.